The number of nitrogens with one attached hydrogen (secondary N) is 1. The molecule has 5 nitrogen and oxygen atoms in total. The van der Waals surface area contributed by atoms with Crippen molar-refractivity contribution < 1.29 is 4.79 Å². The van der Waals surface area contributed by atoms with Crippen molar-refractivity contribution in [1.82, 2.24) is 20.0 Å². The number of piperazine rings is 1. The molecule has 0 atom stereocenters. The number of hydrogen-bond donors (Lipinski definition) is 1. The van der Waals surface area contributed by atoms with Gasteiger partial charge in [-0.05, 0) is 31.7 Å². The molecule has 2 rings (SSSR count). The summed E-state index contributed by atoms with van der Waals surface area (Å²) in [5, 5.41) is 7.90. The van der Waals surface area contributed by atoms with Gasteiger partial charge in [-0.3, -0.25) is 9.48 Å². The minimum Gasteiger partial charge on any atom is -0.340 e. The lowest BCUT2D eigenvalue weighted by Gasteiger charge is -2.27. The van der Waals surface area contributed by atoms with Crippen LogP contribution in [0, 0.1) is 19.8 Å². The van der Waals surface area contributed by atoms with Crippen LogP contribution in [0.2, 0.25) is 0 Å². The quantitative estimate of drug-likeness (QED) is 0.895. The number of hydrogen-bond acceptors (Lipinski definition) is 3. The van der Waals surface area contributed by atoms with Crippen molar-refractivity contribution >= 4 is 5.91 Å². The summed E-state index contributed by atoms with van der Waals surface area (Å²) in [6.45, 7) is 13.0. The molecule has 1 saturated heterocycles. The summed E-state index contributed by atoms with van der Waals surface area (Å²) in [6.07, 6.45) is 1.40. The summed E-state index contributed by atoms with van der Waals surface area (Å²) in [4.78, 5) is 14.2. The van der Waals surface area contributed by atoms with Gasteiger partial charge in [-0.1, -0.05) is 13.8 Å². The number of nitrogens with zero attached hydrogens (tertiary/aromatic N) is 3. The highest BCUT2D eigenvalue weighted by Gasteiger charge is 2.18. The lowest BCUT2D eigenvalue weighted by molar-refractivity contribution is -0.131. The average Bonchev–Trinajstić information content (AvgIpc) is 2.71. The molecule has 1 amide bonds. The predicted octanol–water partition coefficient (Wildman–Crippen LogP) is 1.52. The molecule has 5 heteroatoms. The third kappa shape index (κ3) is 4.06. The van der Waals surface area contributed by atoms with Crippen LogP contribution in [0.5, 0.6) is 0 Å². The van der Waals surface area contributed by atoms with Crippen LogP contribution in [-0.4, -0.2) is 46.8 Å². The standard InChI is InChI=1S/C16H28N4O/c1-12(2)11-20-14(4)15(13(3)18-20)5-6-16(21)19-9-7-17-8-10-19/h12,17H,5-11H2,1-4H3. The number of aryl methyl sites for hydroxylation is 1. The molecule has 0 unspecified atom stereocenters. The first-order valence-electron chi connectivity index (χ1n) is 8.00. The smallest absolute Gasteiger partial charge is 0.222 e. The summed E-state index contributed by atoms with van der Waals surface area (Å²) < 4.78 is 2.09. The van der Waals surface area contributed by atoms with Crippen molar-refractivity contribution in [3.05, 3.63) is 17.0 Å². The Morgan fingerprint density at radius 2 is 1.95 bits per heavy atom. The van der Waals surface area contributed by atoms with E-state index in [2.05, 4.69) is 42.8 Å². The third-order valence-electron chi connectivity index (χ3n) is 4.13. The highest BCUT2D eigenvalue weighted by atomic mass is 16.2. The van der Waals surface area contributed by atoms with Gasteiger partial charge in [0.1, 0.15) is 0 Å². The zero-order valence-corrected chi connectivity index (χ0v) is 13.8. The predicted molar refractivity (Wildman–Crippen MR) is 84.3 cm³/mol. The van der Waals surface area contributed by atoms with E-state index in [0.29, 0.717) is 12.3 Å². The van der Waals surface area contributed by atoms with Gasteiger partial charge < -0.3 is 10.2 Å². The van der Waals surface area contributed by atoms with Gasteiger partial charge in [-0.15, -0.1) is 0 Å². The summed E-state index contributed by atoms with van der Waals surface area (Å²) in [7, 11) is 0. The molecule has 0 aliphatic carbocycles. The van der Waals surface area contributed by atoms with E-state index in [1.54, 1.807) is 0 Å². The summed E-state index contributed by atoms with van der Waals surface area (Å²) in [5.74, 6) is 0.852. The first kappa shape index (κ1) is 16.0. The molecular formula is C16H28N4O. The Hall–Kier alpha value is -1.36. The average molecular weight is 292 g/mol. The number of rotatable bonds is 5. The second-order valence-corrected chi connectivity index (χ2v) is 6.36. The van der Waals surface area contributed by atoms with Crippen LogP contribution < -0.4 is 5.32 Å². The molecule has 0 radical (unpaired) electrons. The van der Waals surface area contributed by atoms with E-state index in [9.17, 15) is 4.79 Å². The van der Waals surface area contributed by atoms with E-state index in [1.165, 1.54) is 11.3 Å². The molecule has 2 heterocycles. The number of amides is 1. The SMILES string of the molecule is Cc1nn(CC(C)C)c(C)c1CCC(=O)N1CCNCC1. The molecule has 118 valence electrons. The van der Waals surface area contributed by atoms with Gasteiger partial charge in [0.25, 0.3) is 0 Å². The Morgan fingerprint density at radius 1 is 1.29 bits per heavy atom. The van der Waals surface area contributed by atoms with Gasteiger partial charge in [0.15, 0.2) is 0 Å². The van der Waals surface area contributed by atoms with E-state index >= 15 is 0 Å². The molecule has 1 fully saturated rings. The summed E-state index contributed by atoms with van der Waals surface area (Å²) in [6, 6.07) is 0. The molecule has 1 aromatic rings. The first-order valence-corrected chi connectivity index (χ1v) is 8.00. The third-order valence-corrected chi connectivity index (χ3v) is 4.13. The molecule has 1 aliphatic heterocycles. The normalized spacial score (nSPS) is 15.8. The fourth-order valence-electron chi connectivity index (χ4n) is 2.92. The van der Waals surface area contributed by atoms with Crippen molar-refractivity contribution in [1.29, 1.82) is 0 Å². The van der Waals surface area contributed by atoms with Gasteiger partial charge in [-0.25, -0.2) is 0 Å². The van der Waals surface area contributed by atoms with Crippen molar-refractivity contribution in [2.45, 2.75) is 47.1 Å². The number of aromatic nitrogens is 2. The van der Waals surface area contributed by atoms with Crippen molar-refractivity contribution in [3.63, 3.8) is 0 Å². The molecule has 0 saturated carbocycles. The number of carbonyl (C=O) groups is 1. The van der Waals surface area contributed by atoms with Crippen LogP contribution in [-0.2, 0) is 17.8 Å². The number of carbonyl (C=O) groups excluding carboxylic acids is 1. The zero-order chi connectivity index (χ0) is 15.4. The molecule has 0 bridgehead atoms. The molecule has 1 aliphatic rings. The van der Waals surface area contributed by atoms with Crippen molar-refractivity contribution in [3.8, 4) is 0 Å². The topological polar surface area (TPSA) is 50.2 Å². The molecule has 0 spiro atoms. The fourth-order valence-corrected chi connectivity index (χ4v) is 2.92. The monoisotopic (exact) mass is 292 g/mol. The van der Waals surface area contributed by atoms with E-state index in [1.807, 2.05) is 4.90 Å². The Morgan fingerprint density at radius 3 is 2.57 bits per heavy atom. The van der Waals surface area contributed by atoms with Crippen molar-refractivity contribution in [2.24, 2.45) is 5.92 Å². The van der Waals surface area contributed by atoms with Gasteiger partial charge in [0.2, 0.25) is 5.91 Å². The van der Waals surface area contributed by atoms with Gasteiger partial charge in [-0.2, -0.15) is 5.10 Å². The van der Waals surface area contributed by atoms with Crippen molar-refractivity contribution in [2.75, 3.05) is 26.2 Å². The molecular weight excluding hydrogens is 264 g/mol. The molecule has 21 heavy (non-hydrogen) atoms. The maximum atomic E-state index is 12.2. The van der Waals surface area contributed by atoms with E-state index in [0.717, 1.165) is 44.8 Å². The molecule has 1 N–H and O–H groups in total. The molecule has 0 aromatic carbocycles. The highest BCUT2D eigenvalue weighted by molar-refractivity contribution is 5.76. The Bertz CT molecular complexity index is 487. The Kier molecular flexibility index (Phi) is 5.39. The second kappa shape index (κ2) is 7.07. The van der Waals surface area contributed by atoms with Gasteiger partial charge >= 0.3 is 0 Å². The second-order valence-electron chi connectivity index (χ2n) is 6.36. The van der Waals surface area contributed by atoms with E-state index in [-0.39, 0.29) is 5.91 Å². The maximum Gasteiger partial charge on any atom is 0.222 e. The highest BCUT2D eigenvalue weighted by Crippen LogP contribution is 2.17. The lowest BCUT2D eigenvalue weighted by Crippen LogP contribution is -2.46. The van der Waals surface area contributed by atoms with Crippen LogP contribution in [0.15, 0.2) is 0 Å². The molecule has 1 aromatic heterocycles. The summed E-state index contributed by atoms with van der Waals surface area (Å²) >= 11 is 0. The van der Waals surface area contributed by atoms with Crippen LogP contribution in [0.1, 0.15) is 37.2 Å². The summed E-state index contributed by atoms with van der Waals surface area (Å²) in [5.41, 5.74) is 3.54. The van der Waals surface area contributed by atoms with Crippen LogP contribution in [0.3, 0.4) is 0 Å². The van der Waals surface area contributed by atoms with E-state index < -0.39 is 0 Å². The maximum absolute atomic E-state index is 12.2. The van der Waals surface area contributed by atoms with Gasteiger partial charge in [0, 0.05) is 44.8 Å². The van der Waals surface area contributed by atoms with Gasteiger partial charge in [0.05, 0.1) is 5.69 Å². The Labute approximate surface area is 127 Å². The Balaban J connectivity index is 1.96. The van der Waals surface area contributed by atoms with Crippen LogP contribution in [0.25, 0.3) is 0 Å². The fraction of sp³-hybridized carbons (Fsp3) is 0.750. The zero-order valence-electron chi connectivity index (χ0n) is 13.8. The largest absolute Gasteiger partial charge is 0.340 e. The van der Waals surface area contributed by atoms with Crippen LogP contribution >= 0.6 is 0 Å². The minimum atomic E-state index is 0.270. The van der Waals surface area contributed by atoms with Crippen LogP contribution in [0.4, 0.5) is 0 Å². The first-order chi connectivity index (χ1) is 9.99. The minimum absolute atomic E-state index is 0.270. The lowest BCUT2D eigenvalue weighted by atomic mass is 10.1. The van der Waals surface area contributed by atoms with E-state index in [4.69, 9.17) is 0 Å².